The number of aromatic amines is 1. The fourth-order valence-corrected chi connectivity index (χ4v) is 5.94. The van der Waals surface area contributed by atoms with E-state index in [-0.39, 0.29) is 52.1 Å². The van der Waals surface area contributed by atoms with Crippen LogP contribution in [0.5, 0.6) is 11.5 Å². The summed E-state index contributed by atoms with van der Waals surface area (Å²) in [5.41, 5.74) is 1.08. The second kappa shape index (κ2) is 9.93. The Balaban J connectivity index is 1.58. The molecular weight excluding hydrogens is 520 g/mol. The number of fused-ring (bicyclic) bond motifs is 1. The lowest BCUT2D eigenvalue weighted by molar-refractivity contribution is 0.187. The Morgan fingerprint density at radius 2 is 1.97 bits per heavy atom. The standard InChI is InChI=1S/C26H23F2N3O6S/c1-15-4-3-5-19(10-15)38(33,34)31-14-18(7-9-24-29-30-26(32)37-24)36-22-8-6-16(11-21(22)31)20-12-17(27)13-23(35-2)25(20)28/h3-6,8,10-13,18H,7,9,14H2,1-2H3,(H,30,32)/t18-/m0/s1. The minimum atomic E-state index is -4.07. The van der Waals surface area contributed by atoms with Gasteiger partial charge < -0.3 is 13.9 Å². The molecule has 0 aliphatic carbocycles. The van der Waals surface area contributed by atoms with Gasteiger partial charge in [-0.25, -0.2) is 27.1 Å². The zero-order chi connectivity index (χ0) is 27.0. The Kier molecular flexibility index (Phi) is 6.66. The number of rotatable bonds is 7. The van der Waals surface area contributed by atoms with Crippen LogP contribution in [0.1, 0.15) is 17.9 Å². The van der Waals surface area contributed by atoms with Gasteiger partial charge in [-0.3, -0.25) is 4.31 Å². The van der Waals surface area contributed by atoms with E-state index >= 15 is 4.39 Å². The number of aromatic nitrogens is 2. The Hall–Kier alpha value is -4.19. The predicted molar refractivity (Wildman–Crippen MR) is 134 cm³/mol. The molecular formula is C26H23F2N3O6S. The highest BCUT2D eigenvalue weighted by Gasteiger charge is 2.35. The molecule has 0 unspecified atom stereocenters. The number of benzene rings is 3. The van der Waals surface area contributed by atoms with E-state index in [1.54, 1.807) is 25.1 Å². The van der Waals surface area contributed by atoms with Gasteiger partial charge in [0.05, 0.1) is 24.2 Å². The van der Waals surface area contributed by atoms with E-state index in [9.17, 15) is 17.6 Å². The highest BCUT2D eigenvalue weighted by atomic mass is 32.2. The van der Waals surface area contributed by atoms with Crippen molar-refractivity contribution in [1.29, 1.82) is 0 Å². The van der Waals surface area contributed by atoms with E-state index in [1.165, 1.54) is 35.7 Å². The lowest BCUT2D eigenvalue weighted by atomic mass is 10.0. The molecule has 0 radical (unpaired) electrons. The summed E-state index contributed by atoms with van der Waals surface area (Å²) in [5, 5.41) is 5.96. The number of nitrogens with one attached hydrogen (secondary N) is 1. The Morgan fingerprint density at radius 3 is 2.68 bits per heavy atom. The summed E-state index contributed by atoms with van der Waals surface area (Å²) in [7, 11) is -2.85. The first-order valence-corrected chi connectivity index (χ1v) is 13.1. The third kappa shape index (κ3) is 4.86. The van der Waals surface area contributed by atoms with Crippen LogP contribution in [0.25, 0.3) is 11.1 Å². The molecule has 198 valence electrons. The molecule has 2 heterocycles. The number of H-pyrrole nitrogens is 1. The molecule has 1 N–H and O–H groups in total. The predicted octanol–water partition coefficient (Wildman–Crippen LogP) is 4.21. The van der Waals surface area contributed by atoms with Crippen LogP contribution in [0.4, 0.5) is 14.5 Å². The Labute approximate surface area is 216 Å². The van der Waals surface area contributed by atoms with Gasteiger partial charge in [-0.15, -0.1) is 5.10 Å². The number of methoxy groups -OCH3 is 1. The molecule has 1 atom stereocenters. The van der Waals surface area contributed by atoms with E-state index in [0.29, 0.717) is 6.42 Å². The fourth-order valence-electron chi connectivity index (χ4n) is 4.34. The molecule has 1 aromatic heterocycles. The minimum Gasteiger partial charge on any atom is -0.494 e. The second-order valence-electron chi connectivity index (χ2n) is 8.79. The number of nitrogens with zero attached hydrogens (tertiary/aromatic N) is 2. The zero-order valence-corrected chi connectivity index (χ0v) is 21.2. The number of hydrogen-bond acceptors (Lipinski definition) is 7. The molecule has 9 nitrogen and oxygen atoms in total. The molecule has 0 bridgehead atoms. The summed E-state index contributed by atoms with van der Waals surface area (Å²) in [6, 6.07) is 12.9. The highest BCUT2D eigenvalue weighted by Crippen LogP contribution is 2.42. The van der Waals surface area contributed by atoms with Gasteiger partial charge in [0.2, 0.25) is 5.89 Å². The van der Waals surface area contributed by atoms with Crippen molar-refractivity contribution in [2.75, 3.05) is 18.0 Å². The number of anilines is 1. The van der Waals surface area contributed by atoms with Gasteiger partial charge in [0.1, 0.15) is 17.7 Å². The smallest absolute Gasteiger partial charge is 0.434 e. The molecule has 0 fully saturated rings. The maximum absolute atomic E-state index is 15.0. The van der Waals surface area contributed by atoms with Gasteiger partial charge in [0.25, 0.3) is 10.0 Å². The molecule has 38 heavy (non-hydrogen) atoms. The van der Waals surface area contributed by atoms with Crippen molar-refractivity contribution < 1.29 is 31.1 Å². The van der Waals surface area contributed by atoms with Crippen LogP contribution in [0.15, 0.2) is 68.7 Å². The van der Waals surface area contributed by atoms with Crippen LogP contribution in [-0.4, -0.2) is 38.4 Å². The SMILES string of the molecule is COc1cc(F)cc(-c2ccc3c(c2)N(S(=O)(=O)c2cccc(C)c2)C[C@H](CCc2n[nH]c(=O)o2)O3)c1F. The summed E-state index contributed by atoms with van der Waals surface area (Å²) in [6.45, 7) is 1.71. The summed E-state index contributed by atoms with van der Waals surface area (Å²) < 4.78 is 74.1. The largest absolute Gasteiger partial charge is 0.494 e. The van der Waals surface area contributed by atoms with Gasteiger partial charge in [-0.05, 0) is 54.8 Å². The molecule has 4 aromatic rings. The van der Waals surface area contributed by atoms with Crippen LogP contribution in [-0.2, 0) is 16.4 Å². The maximum Gasteiger partial charge on any atom is 0.434 e. The van der Waals surface area contributed by atoms with Crippen LogP contribution in [0, 0.1) is 18.6 Å². The number of hydrogen-bond donors (Lipinski definition) is 1. The quantitative estimate of drug-likeness (QED) is 0.371. The highest BCUT2D eigenvalue weighted by molar-refractivity contribution is 7.92. The summed E-state index contributed by atoms with van der Waals surface area (Å²) in [5.74, 6) is -2.04. The normalized spacial score (nSPS) is 15.2. The first-order chi connectivity index (χ1) is 18.2. The monoisotopic (exact) mass is 543 g/mol. The lowest BCUT2D eigenvalue weighted by Gasteiger charge is -2.36. The van der Waals surface area contributed by atoms with Crippen LogP contribution < -0.4 is 19.5 Å². The average molecular weight is 544 g/mol. The van der Waals surface area contributed by atoms with E-state index in [4.69, 9.17) is 13.9 Å². The van der Waals surface area contributed by atoms with Gasteiger partial charge >= 0.3 is 5.76 Å². The first kappa shape index (κ1) is 25.5. The minimum absolute atomic E-state index is 0.0731. The van der Waals surface area contributed by atoms with Crippen LogP contribution in [0.2, 0.25) is 0 Å². The summed E-state index contributed by atoms with van der Waals surface area (Å²) in [4.78, 5) is 11.3. The van der Waals surface area contributed by atoms with E-state index in [1.807, 2.05) is 0 Å². The van der Waals surface area contributed by atoms with E-state index in [0.717, 1.165) is 17.7 Å². The van der Waals surface area contributed by atoms with Crippen molar-refractivity contribution >= 4 is 15.7 Å². The van der Waals surface area contributed by atoms with Crippen molar-refractivity contribution in [3.05, 3.63) is 88.2 Å². The maximum atomic E-state index is 15.0. The molecule has 0 saturated carbocycles. The second-order valence-corrected chi connectivity index (χ2v) is 10.7. The molecule has 1 aliphatic heterocycles. The Bertz CT molecular complexity index is 1670. The molecule has 3 aromatic carbocycles. The number of ether oxygens (including phenoxy) is 2. The number of halogens is 2. The van der Waals surface area contributed by atoms with Gasteiger partial charge in [0.15, 0.2) is 11.6 Å². The molecule has 5 rings (SSSR count). The molecule has 1 aliphatic rings. The molecule has 0 saturated heterocycles. The number of sulfonamides is 1. The van der Waals surface area contributed by atoms with E-state index < -0.39 is 33.5 Å². The zero-order valence-electron chi connectivity index (χ0n) is 20.4. The average Bonchev–Trinajstić information content (AvgIpc) is 3.32. The lowest BCUT2D eigenvalue weighted by Crippen LogP contribution is -2.43. The summed E-state index contributed by atoms with van der Waals surface area (Å²) in [6.07, 6.45) is -0.0884. The van der Waals surface area contributed by atoms with Gasteiger partial charge in [-0.1, -0.05) is 18.2 Å². The van der Waals surface area contributed by atoms with Gasteiger partial charge in [-0.2, -0.15) is 0 Å². The summed E-state index contributed by atoms with van der Waals surface area (Å²) >= 11 is 0. The molecule has 12 heteroatoms. The third-order valence-corrected chi connectivity index (χ3v) is 7.94. The third-order valence-electron chi connectivity index (χ3n) is 6.17. The topological polar surface area (TPSA) is 115 Å². The van der Waals surface area contributed by atoms with Crippen molar-refractivity contribution in [2.45, 2.75) is 30.8 Å². The van der Waals surface area contributed by atoms with Crippen LogP contribution in [0.3, 0.4) is 0 Å². The van der Waals surface area contributed by atoms with Gasteiger partial charge in [0, 0.05) is 18.1 Å². The van der Waals surface area contributed by atoms with Crippen molar-refractivity contribution in [3.63, 3.8) is 0 Å². The van der Waals surface area contributed by atoms with Crippen molar-refractivity contribution in [2.24, 2.45) is 0 Å². The van der Waals surface area contributed by atoms with E-state index in [2.05, 4.69) is 10.2 Å². The Morgan fingerprint density at radius 1 is 1.16 bits per heavy atom. The van der Waals surface area contributed by atoms with Crippen molar-refractivity contribution in [1.82, 2.24) is 10.2 Å². The molecule has 0 amide bonds. The number of aryl methyl sites for hydroxylation is 2. The molecule has 0 spiro atoms. The van der Waals surface area contributed by atoms with Crippen molar-refractivity contribution in [3.8, 4) is 22.6 Å². The van der Waals surface area contributed by atoms with Crippen LogP contribution >= 0.6 is 0 Å². The fraction of sp³-hybridized carbons (Fsp3) is 0.231. The first-order valence-electron chi connectivity index (χ1n) is 11.6.